The van der Waals surface area contributed by atoms with Crippen molar-refractivity contribution in [3.05, 3.63) is 64.7 Å². The molecule has 1 aliphatic heterocycles. The first-order valence-corrected chi connectivity index (χ1v) is 12.9. The second-order valence-corrected chi connectivity index (χ2v) is 10.3. The van der Waals surface area contributed by atoms with Crippen molar-refractivity contribution in [1.29, 1.82) is 0 Å². The monoisotopic (exact) mass is 496 g/mol. The highest BCUT2D eigenvalue weighted by molar-refractivity contribution is 7.90. The van der Waals surface area contributed by atoms with Gasteiger partial charge in [-0.2, -0.15) is 0 Å². The van der Waals surface area contributed by atoms with Gasteiger partial charge in [0.1, 0.15) is 11.7 Å². The van der Waals surface area contributed by atoms with E-state index in [1.807, 2.05) is 24.8 Å². The summed E-state index contributed by atoms with van der Waals surface area (Å²) >= 11 is 0. The number of aliphatic imine (C=N–C) groups is 1. The van der Waals surface area contributed by atoms with Crippen LogP contribution in [0.5, 0.6) is 0 Å². The number of rotatable bonds is 8. The van der Waals surface area contributed by atoms with E-state index >= 15 is 0 Å². The van der Waals surface area contributed by atoms with Crippen LogP contribution in [0.1, 0.15) is 32.5 Å². The highest BCUT2D eigenvalue weighted by Crippen LogP contribution is 2.17. The van der Waals surface area contributed by atoms with Crippen LogP contribution in [0.3, 0.4) is 0 Å². The highest BCUT2D eigenvalue weighted by Gasteiger charge is 2.20. The smallest absolute Gasteiger partial charge is 0.262 e. The number of aromatic nitrogens is 2. The van der Waals surface area contributed by atoms with Gasteiger partial charge in [-0.1, -0.05) is 18.2 Å². The second kappa shape index (κ2) is 10.4. The molecule has 3 aromatic rings. The van der Waals surface area contributed by atoms with Gasteiger partial charge in [-0.15, -0.1) is 0 Å². The number of amidine groups is 1. The molecule has 0 aliphatic carbocycles. The Labute approximate surface area is 203 Å². The summed E-state index contributed by atoms with van der Waals surface area (Å²) in [4.78, 5) is 38.6. The molecular formula is C24H28N6O4S. The number of amides is 1. The van der Waals surface area contributed by atoms with Crippen molar-refractivity contribution < 1.29 is 13.2 Å². The van der Waals surface area contributed by atoms with Crippen LogP contribution in [0.15, 0.2) is 63.2 Å². The molecule has 2 aromatic carbocycles. The molecule has 0 saturated heterocycles. The first-order valence-electron chi connectivity index (χ1n) is 11.4. The summed E-state index contributed by atoms with van der Waals surface area (Å²) in [5, 5.41) is 3.27. The van der Waals surface area contributed by atoms with E-state index in [2.05, 4.69) is 25.0 Å². The molecule has 1 amide bonds. The zero-order chi connectivity index (χ0) is 25.0. The maximum absolute atomic E-state index is 12.8. The summed E-state index contributed by atoms with van der Waals surface area (Å²) < 4.78 is 27.8. The molecule has 0 fully saturated rings. The maximum atomic E-state index is 12.8. The van der Waals surface area contributed by atoms with Gasteiger partial charge in [-0.3, -0.25) is 24.2 Å². The van der Waals surface area contributed by atoms with Crippen LogP contribution in [-0.2, 0) is 21.4 Å². The number of nitrogens with zero attached hydrogens (tertiary/aromatic N) is 3. The van der Waals surface area contributed by atoms with Gasteiger partial charge in [0.2, 0.25) is 5.91 Å². The number of fused-ring (bicyclic) bond motifs is 1. The zero-order valence-corrected chi connectivity index (χ0v) is 20.4. The van der Waals surface area contributed by atoms with E-state index in [0.717, 1.165) is 6.42 Å². The molecule has 0 atom stereocenters. The largest absolute Gasteiger partial charge is 0.325 e. The Morgan fingerprint density at radius 3 is 2.71 bits per heavy atom. The summed E-state index contributed by atoms with van der Waals surface area (Å²) in [6.07, 6.45) is 1.42. The molecular weight excluding hydrogens is 468 g/mol. The lowest BCUT2D eigenvalue weighted by Gasteiger charge is -2.25. The van der Waals surface area contributed by atoms with E-state index in [9.17, 15) is 18.0 Å². The number of hydrogen-bond acceptors (Lipinski definition) is 7. The lowest BCUT2D eigenvalue weighted by Crippen LogP contribution is -2.38. The van der Waals surface area contributed by atoms with Crippen LogP contribution in [-0.4, -0.2) is 54.2 Å². The average Bonchev–Trinajstić information content (AvgIpc) is 3.31. The van der Waals surface area contributed by atoms with Crippen LogP contribution < -0.4 is 15.6 Å². The molecule has 11 heteroatoms. The number of carbonyl (C=O) groups excluding carboxylic acids is 1. The van der Waals surface area contributed by atoms with Gasteiger partial charge in [0, 0.05) is 24.7 Å². The topological polar surface area (TPSA) is 137 Å². The number of H-pyrrole nitrogens is 1. The summed E-state index contributed by atoms with van der Waals surface area (Å²) in [6, 6.07) is 13.2. The minimum atomic E-state index is -3.79. The van der Waals surface area contributed by atoms with Crippen molar-refractivity contribution >= 4 is 38.4 Å². The van der Waals surface area contributed by atoms with Gasteiger partial charge in [-0.25, -0.2) is 13.4 Å². The second-order valence-electron chi connectivity index (χ2n) is 8.64. The van der Waals surface area contributed by atoms with Crippen molar-refractivity contribution in [2.24, 2.45) is 4.99 Å². The lowest BCUT2D eigenvalue weighted by atomic mass is 10.2. The summed E-state index contributed by atoms with van der Waals surface area (Å²) in [5.74, 6) is 0.598. The Balaban J connectivity index is 1.45. The van der Waals surface area contributed by atoms with Crippen molar-refractivity contribution in [3.63, 3.8) is 0 Å². The standard InChI is InChI=1S/C24H28N6O4S/c1-16(2)30(14-22-27-20-10-4-3-9-19(20)24(32)28-22)15-23(31)26-17-7-5-8-18(13-17)35(33,34)29-21-11-6-12-25-21/h3-5,7-10,13,16H,6,11-12,14-15H2,1-2H3,(H,25,29)(H,26,31)(H,27,28,32). The van der Waals surface area contributed by atoms with Crippen LogP contribution in [0.4, 0.5) is 5.69 Å². The quantitative estimate of drug-likeness (QED) is 0.438. The van der Waals surface area contributed by atoms with Gasteiger partial charge >= 0.3 is 0 Å². The Hall–Kier alpha value is -3.57. The third kappa shape index (κ3) is 6.11. The minimum Gasteiger partial charge on any atom is -0.325 e. The summed E-state index contributed by atoms with van der Waals surface area (Å²) in [5.41, 5.74) is 0.732. The first kappa shape index (κ1) is 24.6. The van der Waals surface area contributed by atoms with Crippen molar-refractivity contribution in [2.45, 2.75) is 44.2 Å². The van der Waals surface area contributed by atoms with E-state index in [-0.39, 0.29) is 35.5 Å². The van der Waals surface area contributed by atoms with E-state index in [4.69, 9.17) is 0 Å². The number of sulfonamides is 1. The van der Waals surface area contributed by atoms with Crippen LogP contribution in [0.2, 0.25) is 0 Å². The molecule has 1 aliphatic rings. The molecule has 4 rings (SSSR count). The Morgan fingerprint density at radius 2 is 1.97 bits per heavy atom. The number of carbonyl (C=O) groups is 1. The van der Waals surface area contributed by atoms with Gasteiger partial charge in [0.15, 0.2) is 0 Å². The van der Waals surface area contributed by atoms with Gasteiger partial charge < -0.3 is 10.3 Å². The first-order chi connectivity index (χ1) is 16.7. The van der Waals surface area contributed by atoms with Crippen LogP contribution >= 0.6 is 0 Å². The number of aromatic amines is 1. The molecule has 0 saturated carbocycles. The molecule has 0 radical (unpaired) electrons. The predicted molar refractivity (Wildman–Crippen MR) is 135 cm³/mol. The average molecular weight is 497 g/mol. The third-order valence-electron chi connectivity index (χ3n) is 5.65. The van der Waals surface area contributed by atoms with E-state index in [1.165, 1.54) is 12.1 Å². The molecule has 184 valence electrons. The summed E-state index contributed by atoms with van der Waals surface area (Å²) in [7, 11) is -3.79. The molecule has 2 heterocycles. The number of benzene rings is 2. The van der Waals surface area contributed by atoms with E-state index in [1.54, 1.807) is 30.3 Å². The Bertz CT molecular complexity index is 1430. The van der Waals surface area contributed by atoms with Crippen molar-refractivity contribution in [3.8, 4) is 0 Å². The number of hydrogen-bond donors (Lipinski definition) is 3. The van der Waals surface area contributed by atoms with Gasteiger partial charge in [-0.05, 0) is 50.6 Å². The Morgan fingerprint density at radius 1 is 1.17 bits per heavy atom. The van der Waals surface area contributed by atoms with Gasteiger partial charge in [0.25, 0.3) is 15.6 Å². The van der Waals surface area contributed by atoms with E-state index < -0.39 is 10.0 Å². The molecule has 1 aromatic heterocycles. The Kier molecular flexibility index (Phi) is 7.27. The minimum absolute atomic E-state index is 0.0133. The van der Waals surface area contributed by atoms with E-state index in [0.29, 0.717) is 41.2 Å². The highest BCUT2D eigenvalue weighted by atomic mass is 32.2. The van der Waals surface area contributed by atoms with Crippen molar-refractivity contribution in [2.75, 3.05) is 18.4 Å². The van der Waals surface area contributed by atoms with Gasteiger partial charge in [0.05, 0.1) is 28.9 Å². The number of para-hydroxylation sites is 1. The molecule has 0 bridgehead atoms. The molecule has 0 unspecified atom stereocenters. The molecule has 35 heavy (non-hydrogen) atoms. The molecule has 10 nitrogen and oxygen atoms in total. The summed E-state index contributed by atoms with van der Waals surface area (Å²) in [6.45, 7) is 4.79. The van der Waals surface area contributed by atoms with Crippen LogP contribution in [0, 0.1) is 0 Å². The molecule has 3 N–H and O–H groups in total. The maximum Gasteiger partial charge on any atom is 0.262 e. The fraction of sp³-hybridized carbons (Fsp3) is 0.333. The number of nitrogens with one attached hydrogen (secondary N) is 3. The predicted octanol–water partition coefficient (Wildman–Crippen LogP) is 2.24. The van der Waals surface area contributed by atoms with Crippen LogP contribution in [0.25, 0.3) is 10.9 Å². The lowest BCUT2D eigenvalue weighted by molar-refractivity contribution is -0.117. The normalized spacial score (nSPS) is 13.9. The fourth-order valence-corrected chi connectivity index (χ4v) is 4.92. The fourth-order valence-electron chi connectivity index (χ4n) is 3.79. The SMILES string of the molecule is CC(C)N(CC(=O)Nc1cccc(S(=O)(=O)NC2=NCCC2)c1)Cc1nc2ccccc2c(=O)[nH]1. The third-order valence-corrected chi connectivity index (χ3v) is 7.03. The number of anilines is 1. The van der Waals surface area contributed by atoms with Crippen molar-refractivity contribution in [1.82, 2.24) is 19.6 Å². The molecule has 0 spiro atoms. The zero-order valence-electron chi connectivity index (χ0n) is 19.6.